The second-order valence-corrected chi connectivity index (χ2v) is 7.57. The summed E-state index contributed by atoms with van der Waals surface area (Å²) in [6, 6.07) is 1.91. The number of rotatable bonds is 4. The van der Waals surface area contributed by atoms with Crippen LogP contribution in [0.25, 0.3) is 0 Å². The molecule has 4 heterocycles. The SMILES string of the molecule is CCn1cc(C(=O)N2CCC3(CC2)CN(c2ccncn2)CC3CO)cn1. The van der Waals surface area contributed by atoms with Gasteiger partial charge >= 0.3 is 0 Å². The van der Waals surface area contributed by atoms with Crippen LogP contribution in [0.1, 0.15) is 30.1 Å². The van der Waals surface area contributed by atoms with Crippen LogP contribution in [0.3, 0.4) is 0 Å². The Morgan fingerprint density at radius 1 is 1.37 bits per heavy atom. The highest BCUT2D eigenvalue weighted by atomic mass is 16.3. The molecular formula is C19H26N6O2. The molecule has 2 fully saturated rings. The average Bonchev–Trinajstić information content (AvgIpc) is 3.34. The number of hydrogen-bond donors (Lipinski definition) is 1. The molecule has 2 aliphatic rings. The normalized spacial score (nSPS) is 21.8. The number of carbonyl (C=O) groups is 1. The summed E-state index contributed by atoms with van der Waals surface area (Å²) < 4.78 is 1.77. The monoisotopic (exact) mass is 370 g/mol. The Balaban J connectivity index is 1.44. The van der Waals surface area contributed by atoms with E-state index in [9.17, 15) is 9.90 Å². The summed E-state index contributed by atoms with van der Waals surface area (Å²) in [5.41, 5.74) is 0.685. The Morgan fingerprint density at radius 3 is 2.81 bits per heavy atom. The first-order chi connectivity index (χ1) is 13.1. The number of aliphatic hydroxyl groups excluding tert-OH is 1. The fourth-order valence-corrected chi connectivity index (χ4v) is 4.48. The summed E-state index contributed by atoms with van der Waals surface area (Å²) in [4.78, 5) is 25.3. The lowest BCUT2D eigenvalue weighted by Gasteiger charge is -2.42. The third kappa shape index (κ3) is 3.29. The zero-order chi connectivity index (χ0) is 18.9. The van der Waals surface area contributed by atoms with E-state index in [1.54, 1.807) is 23.4 Å². The van der Waals surface area contributed by atoms with E-state index in [4.69, 9.17) is 0 Å². The van der Waals surface area contributed by atoms with E-state index < -0.39 is 0 Å². The summed E-state index contributed by atoms with van der Waals surface area (Å²) in [6.07, 6.45) is 8.57. The summed E-state index contributed by atoms with van der Waals surface area (Å²) >= 11 is 0. The maximum Gasteiger partial charge on any atom is 0.257 e. The van der Waals surface area contributed by atoms with E-state index in [0.29, 0.717) is 18.7 Å². The van der Waals surface area contributed by atoms with Gasteiger partial charge in [-0.2, -0.15) is 5.10 Å². The van der Waals surface area contributed by atoms with Crippen LogP contribution in [0.5, 0.6) is 0 Å². The van der Waals surface area contributed by atoms with E-state index in [1.165, 1.54) is 0 Å². The third-order valence-electron chi connectivity index (χ3n) is 6.17. The van der Waals surface area contributed by atoms with Gasteiger partial charge in [-0.15, -0.1) is 0 Å². The smallest absolute Gasteiger partial charge is 0.257 e. The van der Waals surface area contributed by atoms with Gasteiger partial charge in [-0.05, 0) is 31.2 Å². The molecule has 1 atom stereocenters. The van der Waals surface area contributed by atoms with Crippen LogP contribution in [0, 0.1) is 11.3 Å². The molecule has 0 saturated carbocycles. The van der Waals surface area contributed by atoms with E-state index in [1.807, 2.05) is 24.1 Å². The Labute approximate surface area is 158 Å². The molecule has 1 spiro atoms. The Kier molecular flexibility index (Phi) is 4.82. The standard InChI is InChI=1S/C19H26N6O2/c1-2-25-10-15(9-22-25)18(27)23-7-4-19(5-8-23)13-24(11-16(19)12-26)17-3-6-20-14-21-17/h3,6,9-10,14,16,26H,2,4-5,7-8,11-13H2,1H3. The van der Waals surface area contributed by atoms with Crippen molar-refractivity contribution in [3.8, 4) is 0 Å². The van der Waals surface area contributed by atoms with Gasteiger partial charge in [0.25, 0.3) is 5.91 Å². The number of nitrogens with zero attached hydrogens (tertiary/aromatic N) is 6. The molecular weight excluding hydrogens is 344 g/mol. The molecule has 0 bridgehead atoms. The molecule has 2 saturated heterocycles. The number of aliphatic hydroxyl groups is 1. The van der Waals surface area contributed by atoms with Crippen LogP contribution in [-0.2, 0) is 6.54 Å². The molecule has 8 heteroatoms. The highest BCUT2D eigenvalue weighted by Gasteiger charge is 2.48. The van der Waals surface area contributed by atoms with Crippen LogP contribution in [0.2, 0.25) is 0 Å². The molecule has 8 nitrogen and oxygen atoms in total. The lowest BCUT2D eigenvalue weighted by Crippen LogP contribution is -2.47. The molecule has 144 valence electrons. The number of amides is 1. The first kappa shape index (κ1) is 17.9. The largest absolute Gasteiger partial charge is 0.396 e. The van der Waals surface area contributed by atoms with E-state index in [2.05, 4.69) is 20.0 Å². The lowest BCUT2D eigenvalue weighted by molar-refractivity contribution is 0.0416. The molecule has 1 amide bonds. The number of anilines is 1. The van der Waals surface area contributed by atoms with Crippen LogP contribution >= 0.6 is 0 Å². The molecule has 2 aromatic heterocycles. The number of aryl methyl sites for hydroxylation is 1. The van der Waals surface area contributed by atoms with Gasteiger partial charge in [-0.3, -0.25) is 9.48 Å². The molecule has 27 heavy (non-hydrogen) atoms. The van der Waals surface area contributed by atoms with Crippen LogP contribution < -0.4 is 4.90 Å². The van der Waals surface area contributed by atoms with Crippen molar-refractivity contribution in [3.05, 3.63) is 36.5 Å². The van der Waals surface area contributed by atoms with Crippen molar-refractivity contribution in [3.63, 3.8) is 0 Å². The second-order valence-electron chi connectivity index (χ2n) is 7.57. The van der Waals surface area contributed by atoms with Crippen LogP contribution in [-0.4, -0.2) is 68.4 Å². The van der Waals surface area contributed by atoms with Crippen molar-refractivity contribution in [2.75, 3.05) is 37.7 Å². The van der Waals surface area contributed by atoms with Crippen LogP contribution in [0.15, 0.2) is 31.0 Å². The van der Waals surface area contributed by atoms with Crippen molar-refractivity contribution >= 4 is 11.7 Å². The molecule has 2 aliphatic heterocycles. The maximum absolute atomic E-state index is 12.8. The van der Waals surface area contributed by atoms with Gasteiger partial charge in [0.15, 0.2) is 0 Å². The zero-order valence-electron chi connectivity index (χ0n) is 15.7. The number of likely N-dealkylation sites (tertiary alicyclic amines) is 1. The number of hydrogen-bond acceptors (Lipinski definition) is 6. The molecule has 1 N–H and O–H groups in total. The van der Waals surface area contributed by atoms with Crippen molar-refractivity contribution in [2.45, 2.75) is 26.3 Å². The van der Waals surface area contributed by atoms with Gasteiger partial charge in [0, 0.05) is 57.6 Å². The zero-order valence-corrected chi connectivity index (χ0v) is 15.7. The molecule has 4 rings (SSSR count). The number of carbonyl (C=O) groups excluding carboxylic acids is 1. The highest BCUT2D eigenvalue weighted by molar-refractivity contribution is 5.93. The molecule has 0 aromatic carbocycles. The predicted molar refractivity (Wildman–Crippen MR) is 100 cm³/mol. The Morgan fingerprint density at radius 2 is 2.19 bits per heavy atom. The van der Waals surface area contributed by atoms with Gasteiger partial charge in [0.05, 0.1) is 11.8 Å². The topological polar surface area (TPSA) is 87.4 Å². The van der Waals surface area contributed by atoms with Crippen molar-refractivity contribution in [2.24, 2.45) is 11.3 Å². The number of aromatic nitrogens is 4. The van der Waals surface area contributed by atoms with Gasteiger partial charge in [0.2, 0.25) is 0 Å². The first-order valence-corrected chi connectivity index (χ1v) is 9.59. The van der Waals surface area contributed by atoms with Gasteiger partial charge in [-0.1, -0.05) is 0 Å². The van der Waals surface area contributed by atoms with E-state index >= 15 is 0 Å². The summed E-state index contributed by atoms with van der Waals surface area (Å²) in [6.45, 7) is 6.01. The lowest BCUT2D eigenvalue weighted by atomic mass is 9.71. The minimum atomic E-state index is 0.0318. The van der Waals surface area contributed by atoms with Gasteiger partial charge in [-0.25, -0.2) is 9.97 Å². The molecule has 0 radical (unpaired) electrons. The average molecular weight is 370 g/mol. The minimum absolute atomic E-state index is 0.0318. The van der Waals surface area contributed by atoms with E-state index in [-0.39, 0.29) is 23.8 Å². The van der Waals surface area contributed by atoms with Crippen molar-refractivity contribution in [1.82, 2.24) is 24.6 Å². The minimum Gasteiger partial charge on any atom is -0.396 e. The van der Waals surface area contributed by atoms with E-state index in [0.717, 1.165) is 38.3 Å². The second kappa shape index (κ2) is 7.26. The van der Waals surface area contributed by atoms with Gasteiger partial charge < -0.3 is 14.9 Å². The molecule has 1 unspecified atom stereocenters. The number of piperidine rings is 1. The highest BCUT2D eigenvalue weighted by Crippen LogP contribution is 2.45. The Hall–Kier alpha value is -2.48. The quantitative estimate of drug-likeness (QED) is 0.865. The summed E-state index contributed by atoms with van der Waals surface area (Å²) in [5, 5.41) is 14.2. The van der Waals surface area contributed by atoms with Crippen molar-refractivity contribution in [1.29, 1.82) is 0 Å². The fraction of sp³-hybridized carbons (Fsp3) is 0.579. The third-order valence-corrected chi connectivity index (χ3v) is 6.17. The van der Waals surface area contributed by atoms with Gasteiger partial charge in [0.1, 0.15) is 12.1 Å². The summed E-state index contributed by atoms with van der Waals surface area (Å²) in [7, 11) is 0. The first-order valence-electron chi connectivity index (χ1n) is 9.59. The van der Waals surface area contributed by atoms with Crippen LogP contribution in [0.4, 0.5) is 5.82 Å². The summed E-state index contributed by atoms with van der Waals surface area (Å²) in [5.74, 6) is 1.16. The fourth-order valence-electron chi connectivity index (χ4n) is 4.48. The molecule has 0 aliphatic carbocycles. The molecule has 2 aromatic rings. The Bertz CT molecular complexity index is 785. The predicted octanol–water partition coefficient (Wildman–Crippen LogP) is 1.04. The van der Waals surface area contributed by atoms with Crippen molar-refractivity contribution < 1.29 is 9.90 Å². The maximum atomic E-state index is 12.8.